The van der Waals surface area contributed by atoms with Crippen LogP contribution < -0.4 is 15.5 Å². The lowest BCUT2D eigenvalue weighted by Gasteiger charge is -2.23. The summed E-state index contributed by atoms with van der Waals surface area (Å²) < 4.78 is 5.57. The molecule has 1 aromatic carbocycles. The van der Waals surface area contributed by atoms with E-state index in [-0.39, 0.29) is 24.0 Å². The fourth-order valence-corrected chi connectivity index (χ4v) is 2.58. The van der Waals surface area contributed by atoms with Crippen molar-refractivity contribution in [3.05, 3.63) is 47.7 Å². The van der Waals surface area contributed by atoms with Gasteiger partial charge in [-0.3, -0.25) is 4.99 Å². The second-order valence-electron chi connectivity index (χ2n) is 5.87. The summed E-state index contributed by atoms with van der Waals surface area (Å²) in [7, 11) is 1.77. The predicted octanol–water partition coefficient (Wildman–Crippen LogP) is 3.49. The standard InChI is InChI=1S/C19H29N5O.HI/c1-5-24(17-10-7-6-8-11-17)13-9-12-21-19(20-4)22-14-18-23-15(2)16(3)25-18;/h6-8,10-11H,5,9,12-14H2,1-4H3,(H2,20,21,22);1H. The molecule has 0 bridgehead atoms. The van der Waals surface area contributed by atoms with Crippen molar-refractivity contribution in [3.63, 3.8) is 0 Å². The van der Waals surface area contributed by atoms with E-state index in [0.717, 1.165) is 43.5 Å². The SMILES string of the molecule is CCN(CCCNC(=NC)NCc1nc(C)c(C)o1)c1ccccc1.I. The first-order valence-corrected chi connectivity index (χ1v) is 8.81. The number of aliphatic imine (C=N–C) groups is 1. The smallest absolute Gasteiger partial charge is 0.214 e. The first-order valence-electron chi connectivity index (χ1n) is 8.81. The summed E-state index contributed by atoms with van der Waals surface area (Å²) in [6.45, 7) is 9.43. The number of hydrogen-bond acceptors (Lipinski definition) is 4. The minimum Gasteiger partial charge on any atom is -0.444 e. The summed E-state index contributed by atoms with van der Waals surface area (Å²) >= 11 is 0. The van der Waals surface area contributed by atoms with Crippen LogP contribution in [0, 0.1) is 13.8 Å². The molecule has 7 heteroatoms. The Labute approximate surface area is 173 Å². The fourth-order valence-electron chi connectivity index (χ4n) is 2.58. The highest BCUT2D eigenvalue weighted by Crippen LogP contribution is 2.12. The van der Waals surface area contributed by atoms with Crippen LogP contribution in [0.3, 0.4) is 0 Å². The Morgan fingerprint density at radius 1 is 1.19 bits per heavy atom. The van der Waals surface area contributed by atoms with Crippen LogP contribution in [0.5, 0.6) is 0 Å². The number of aromatic nitrogens is 1. The molecule has 0 aliphatic rings. The second kappa shape index (κ2) is 11.8. The third-order valence-electron chi connectivity index (χ3n) is 4.10. The Morgan fingerprint density at radius 3 is 2.50 bits per heavy atom. The van der Waals surface area contributed by atoms with Gasteiger partial charge in [0.1, 0.15) is 5.76 Å². The average Bonchev–Trinajstić information content (AvgIpc) is 2.96. The number of rotatable bonds is 8. The van der Waals surface area contributed by atoms with Gasteiger partial charge in [-0.05, 0) is 39.3 Å². The first-order chi connectivity index (χ1) is 12.1. The third-order valence-corrected chi connectivity index (χ3v) is 4.10. The number of anilines is 1. The molecule has 2 N–H and O–H groups in total. The van der Waals surface area contributed by atoms with Crippen LogP contribution in [-0.2, 0) is 6.54 Å². The Kier molecular flexibility index (Phi) is 10.1. The zero-order valence-corrected chi connectivity index (χ0v) is 18.4. The summed E-state index contributed by atoms with van der Waals surface area (Å²) in [5.74, 6) is 2.30. The maximum atomic E-state index is 5.57. The van der Waals surface area contributed by atoms with Crippen LogP contribution in [0.2, 0.25) is 0 Å². The van der Waals surface area contributed by atoms with Crippen molar-refractivity contribution in [1.82, 2.24) is 15.6 Å². The van der Waals surface area contributed by atoms with Crippen molar-refractivity contribution < 1.29 is 4.42 Å². The molecule has 2 rings (SSSR count). The minimum atomic E-state index is 0. The molecule has 0 atom stereocenters. The summed E-state index contributed by atoms with van der Waals surface area (Å²) in [5.41, 5.74) is 2.20. The number of aryl methyl sites for hydroxylation is 2. The van der Waals surface area contributed by atoms with Gasteiger partial charge in [-0.1, -0.05) is 18.2 Å². The van der Waals surface area contributed by atoms with Crippen molar-refractivity contribution >= 4 is 35.6 Å². The number of oxazole rings is 1. The fraction of sp³-hybridized carbons (Fsp3) is 0.474. The summed E-state index contributed by atoms with van der Waals surface area (Å²) in [4.78, 5) is 11.0. The van der Waals surface area contributed by atoms with Crippen LogP contribution in [0.1, 0.15) is 30.7 Å². The highest BCUT2D eigenvalue weighted by atomic mass is 127. The molecule has 1 heterocycles. The summed E-state index contributed by atoms with van der Waals surface area (Å²) in [6, 6.07) is 10.5. The van der Waals surface area contributed by atoms with Crippen LogP contribution in [0.15, 0.2) is 39.7 Å². The molecule has 0 aliphatic heterocycles. The number of nitrogens with one attached hydrogen (secondary N) is 2. The largest absolute Gasteiger partial charge is 0.444 e. The van der Waals surface area contributed by atoms with E-state index >= 15 is 0 Å². The van der Waals surface area contributed by atoms with Gasteiger partial charge in [-0.2, -0.15) is 0 Å². The van der Waals surface area contributed by atoms with Gasteiger partial charge in [-0.25, -0.2) is 4.98 Å². The van der Waals surface area contributed by atoms with Gasteiger partial charge in [0.25, 0.3) is 0 Å². The lowest BCUT2D eigenvalue weighted by molar-refractivity contribution is 0.463. The molecular weight excluding hydrogens is 441 g/mol. The monoisotopic (exact) mass is 471 g/mol. The number of guanidine groups is 1. The van der Waals surface area contributed by atoms with Gasteiger partial charge in [0.05, 0.1) is 12.2 Å². The van der Waals surface area contributed by atoms with Crippen LogP contribution in [-0.4, -0.2) is 37.6 Å². The quantitative estimate of drug-likeness (QED) is 0.267. The predicted molar refractivity (Wildman–Crippen MR) is 119 cm³/mol. The van der Waals surface area contributed by atoms with Crippen LogP contribution in [0.25, 0.3) is 0 Å². The highest BCUT2D eigenvalue weighted by molar-refractivity contribution is 14.0. The van der Waals surface area contributed by atoms with Crippen molar-refractivity contribution in [1.29, 1.82) is 0 Å². The van der Waals surface area contributed by atoms with E-state index in [0.29, 0.717) is 12.4 Å². The lowest BCUT2D eigenvalue weighted by atomic mass is 10.2. The molecule has 0 radical (unpaired) electrons. The Bertz CT molecular complexity index is 652. The van der Waals surface area contributed by atoms with Crippen molar-refractivity contribution in [3.8, 4) is 0 Å². The summed E-state index contributed by atoms with van der Waals surface area (Å²) in [5, 5.41) is 6.56. The molecule has 0 saturated carbocycles. The van der Waals surface area contributed by atoms with Crippen LogP contribution in [0.4, 0.5) is 5.69 Å². The second-order valence-corrected chi connectivity index (χ2v) is 5.87. The molecular formula is C19H30IN5O. The molecule has 26 heavy (non-hydrogen) atoms. The molecule has 2 aromatic rings. The van der Waals surface area contributed by atoms with E-state index in [1.165, 1.54) is 5.69 Å². The zero-order valence-electron chi connectivity index (χ0n) is 16.1. The third kappa shape index (κ3) is 6.86. The number of halogens is 1. The first kappa shape index (κ1) is 22.3. The van der Waals surface area contributed by atoms with Gasteiger partial charge in [0.2, 0.25) is 5.89 Å². The van der Waals surface area contributed by atoms with E-state index in [9.17, 15) is 0 Å². The minimum absolute atomic E-state index is 0. The molecule has 144 valence electrons. The molecule has 0 unspecified atom stereocenters. The van der Waals surface area contributed by atoms with E-state index < -0.39 is 0 Å². The molecule has 1 aromatic heterocycles. The molecule has 0 saturated heterocycles. The van der Waals surface area contributed by atoms with E-state index in [4.69, 9.17) is 4.42 Å². The topological polar surface area (TPSA) is 65.7 Å². The number of nitrogens with zero attached hydrogens (tertiary/aromatic N) is 3. The van der Waals surface area contributed by atoms with Gasteiger partial charge >= 0.3 is 0 Å². The number of hydrogen-bond donors (Lipinski definition) is 2. The highest BCUT2D eigenvalue weighted by Gasteiger charge is 2.07. The maximum absolute atomic E-state index is 5.57. The van der Waals surface area contributed by atoms with Crippen molar-refractivity contribution in [2.24, 2.45) is 4.99 Å². The van der Waals surface area contributed by atoms with Gasteiger partial charge in [0, 0.05) is 32.4 Å². The zero-order chi connectivity index (χ0) is 18.1. The normalized spacial score (nSPS) is 11.0. The Morgan fingerprint density at radius 2 is 1.92 bits per heavy atom. The van der Waals surface area contributed by atoms with Gasteiger partial charge in [-0.15, -0.1) is 24.0 Å². The van der Waals surface area contributed by atoms with Crippen LogP contribution >= 0.6 is 24.0 Å². The molecule has 0 amide bonds. The molecule has 6 nitrogen and oxygen atoms in total. The number of para-hydroxylation sites is 1. The van der Waals surface area contributed by atoms with Crippen molar-refractivity contribution in [2.75, 3.05) is 31.6 Å². The number of benzene rings is 1. The maximum Gasteiger partial charge on any atom is 0.214 e. The molecule has 0 spiro atoms. The van der Waals surface area contributed by atoms with Gasteiger partial charge in [0.15, 0.2) is 5.96 Å². The average molecular weight is 471 g/mol. The van der Waals surface area contributed by atoms with E-state index in [1.807, 2.05) is 19.9 Å². The lowest BCUT2D eigenvalue weighted by Crippen LogP contribution is -2.38. The van der Waals surface area contributed by atoms with Gasteiger partial charge < -0.3 is 20.0 Å². The molecule has 0 fully saturated rings. The molecule has 0 aliphatic carbocycles. The van der Waals surface area contributed by atoms with Crippen molar-refractivity contribution in [2.45, 2.75) is 33.7 Å². The Hall–Kier alpha value is -1.77. The van der Waals surface area contributed by atoms with E-state index in [2.05, 4.69) is 56.7 Å². The summed E-state index contributed by atoms with van der Waals surface area (Å²) in [6.07, 6.45) is 1.03. The Balaban J connectivity index is 0.00000338. The van der Waals surface area contributed by atoms with E-state index in [1.54, 1.807) is 7.05 Å².